The minimum absolute atomic E-state index is 0.565. The Kier molecular flexibility index (Phi) is 2.39. The molecule has 0 spiro atoms. The highest BCUT2D eigenvalue weighted by molar-refractivity contribution is 5.51. The van der Waals surface area contributed by atoms with Crippen LogP contribution in [0.4, 0.5) is 0 Å². The summed E-state index contributed by atoms with van der Waals surface area (Å²) in [5.74, 6) is 3.09. The van der Waals surface area contributed by atoms with Gasteiger partial charge in [-0.15, -0.1) is 0 Å². The van der Waals surface area contributed by atoms with E-state index in [0.717, 1.165) is 23.5 Å². The second kappa shape index (κ2) is 3.80. The molecule has 0 N–H and O–H groups in total. The molecule has 1 aromatic carbocycles. The molecule has 2 atom stereocenters. The van der Waals surface area contributed by atoms with Crippen molar-refractivity contribution >= 4 is 0 Å². The fourth-order valence-electron chi connectivity index (χ4n) is 2.68. The molecule has 90 valence electrons. The molecular weight excluding hydrogens is 212 g/mol. The SMILES string of the molecule is C=C1COc2cc3c(cc2OC1)C(C)C(C)C3. The smallest absolute Gasteiger partial charge is 0.161 e. The van der Waals surface area contributed by atoms with Gasteiger partial charge in [-0.3, -0.25) is 0 Å². The van der Waals surface area contributed by atoms with Crippen molar-refractivity contribution in [3.63, 3.8) is 0 Å². The fraction of sp³-hybridized carbons (Fsp3) is 0.467. The molecular formula is C15H18O2. The monoisotopic (exact) mass is 230 g/mol. The Morgan fingerprint density at radius 1 is 1.12 bits per heavy atom. The Morgan fingerprint density at radius 2 is 1.76 bits per heavy atom. The van der Waals surface area contributed by atoms with E-state index in [-0.39, 0.29) is 0 Å². The zero-order valence-electron chi connectivity index (χ0n) is 10.5. The van der Waals surface area contributed by atoms with Gasteiger partial charge in [-0.1, -0.05) is 20.4 Å². The van der Waals surface area contributed by atoms with Gasteiger partial charge >= 0.3 is 0 Å². The van der Waals surface area contributed by atoms with Gasteiger partial charge in [0.05, 0.1) is 0 Å². The number of ether oxygens (including phenoxy) is 2. The summed E-state index contributed by atoms with van der Waals surface area (Å²) in [7, 11) is 0. The maximum Gasteiger partial charge on any atom is 0.161 e. The lowest BCUT2D eigenvalue weighted by molar-refractivity contribution is 0.354. The van der Waals surface area contributed by atoms with E-state index in [1.807, 2.05) is 0 Å². The molecule has 0 radical (unpaired) electrons. The molecule has 0 saturated heterocycles. The molecule has 0 aromatic heterocycles. The Morgan fingerprint density at radius 3 is 2.47 bits per heavy atom. The highest BCUT2D eigenvalue weighted by Crippen LogP contribution is 2.43. The van der Waals surface area contributed by atoms with Crippen molar-refractivity contribution in [2.45, 2.75) is 26.2 Å². The van der Waals surface area contributed by atoms with Crippen molar-refractivity contribution in [3.05, 3.63) is 35.4 Å². The number of rotatable bonds is 0. The van der Waals surface area contributed by atoms with Crippen LogP contribution in [-0.2, 0) is 6.42 Å². The number of hydrogen-bond acceptors (Lipinski definition) is 2. The van der Waals surface area contributed by atoms with Crippen LogP contribution >= 0.6 is 0 Å². The number of benzene rings is 1. The van der Waals surface area contributed by atoms with Crippen LogP contribution in [-0.4, -0.2) is 13.2 Å². The lowest BCUT2D eigenvalue weighted by atomic mass is 9.96. The standard InChI is InChI=1S/C15H18O2/c1-9-7-16-14-5-12-4-10(2)11(3)13(12)6-15(14)17-8-9/h5-6,10-11H,1,4,7-8H2,2-3H3. The maximum absolute atomic E-state index is 5.75. The molecule has 1 aromatic rings. The molecule has 3 rings (SSSR count). The molecule has 0 bridgehead atoms. The van der Waals surface area contributed by atoms with Crippen molar-refractivity contribution in [1.29, 1.82) is 0 Å². The summed E-state index contributed by atoms with van der Waals surface area (Å²) in [6.07, 6.45) is 1.15. The lowest BCUT2D eigenvalue weighted by Gasteiger charge is -2.12. The van der Waals surface area contributed by atoms with Crippen LogP contribution in [0.25, 0.3) is 0 Å². The molecule has 1 aliphatic carbocycles. The van der Waals surface area contributed by atoms with Crippen LogP contribution < -0.4 is 9.47 Å². The van der Waals surface area contributed by atoms with Crippen LogP contribution in [0, 0.1) is 5.92 Å². The molecule has 2 heteroatoms. The van der Waals surface area contributed by atoms with Crippen molar-refractivity contribution in [1.82, 2.24) is 0 Å². The molecule has 2 unspecified atom stereocenters. The minimum atomic E-state index is 0.565. The molecule has 0 saturated carbocycles. The Hall–Kier alpha value is -1.44. The van der Waals surface area contributed by atoms with Gasteiger partial charge in [0, 0.05) is 0 Å². The van der Waals surface area contributed by atoms with Crippen molar-refractivity contribution in [2.75, 3.05) is 13.2 Å². The van der Waals surface area contributed by atoms with E-state index in [0.29, 0.717) is 25.0 Å². The third-order valence-corrected chi connectivity index (χ3v) is 3.96. The second-order valence-electron chi connectivity index (χ2n) is 5.30. The largest absolute Gasteiger partial charge is 0.485 e. The van der Waals surface area contributed by atoms with E-state index in [1.54, 1.807) is 0 Å². The summed E-state index contributed by atoms with van der Waals surface area (Å²) in [5, 5.41) is 0. The second-order valence-corrected chi connectivity index (χ2v) is 5.30. The summed E-state index contributed by atoms with van der Waals surface area (Å²) >= 11 is 0. The summed E-state index contributed by atoms with van der Waals surface area (Å²) < 4.78 is 11.5. The first-order chi connectivity index (χ1) is 8.15. The van der Waals surface area contributed by atoms with Gasteiger partial charge < -0.3 is 9.47 Å². The molecule has 1 heterocycles. The van der Waals surface area contributed by atoms with Crippen molar-refractivity contribution in [2.24, 2.45) is 5.92 Å². The van der Waals surface area contributed by atoms with Gasteiger partial charge in [0.25, 0.3) is 0 Å². The quantitative estimate of drug-likeness (QED) is 0.637. The third kappa shape index (κ3) is 1.72. The zero-order valence-corrected chi connectivity index (χ0v) is 10.5. The van der Waals surface area contributed by atoms with Crippen molar-refractivity contribution < 1.29 is 9.47 Å². The Labute approximate surface area is 102 Å². The first-order valence-electron chi connectivity index (χ1n) is 6.24. The average Bonchev–Trinajstić information content (AvgIpc) is 2.49. The van der Waals surface area contributed by atoms with Crippen LogP contribution in [0.15, 0.2) is 24.3 Å². The van der Waals surface area contributed by atoms with Crippen LogP contribution in [0.3, 0.4) is 0 Å². The minimum Gasteiger partial charge on any atom is -0.485 e. The third-order valence-electron chi connectivity index (χ3n) is 3.96. The molecule has 1 aliphatic heterocycles. The van der Waals surface area contributed by atoms with Gasteiger partial charge in [-0.25, -0.2) is 0 Å². The molecule has 2 aliphatic rings. The number of hydrogen-bond donors (Lipinski definition) is 0. The number of fused-ring (bicyclic) bond motifs is 2. The van der Waals surface area contributed by atoms with Gasteiger partial charge in [0.2, 0.25) is 0 Å². The Bertz CT molecular complexity index is 476. The molecule has 17 heavy (non-hydrogen) atoms. The fourth-order valence-corrected chi connectivity index (χ4v) is 2.68. The Balaban J connectivity index is 2.03. The molecule has 2 nitrogen and oxygen atoms in total. The topological polar surface area (TPSA) is 18.5 Å². The molecule has 0 fully saturated rings. The normalized spacial score (nSPS) is 26.6. The van der Waals surface area contributed by atoms with E-state index >= 15 is 0 Å². The van der Waals surface area contributed by atoms with E-state index < -0.39 is 0 Å². The maximum atomic E-state index is 5.75. The van der Waals surface area contributed by atoms with Gasteiger partial charge in [-0.2, -0.15) is 0 Å². The first kappa shape index (κ1) is 10.7. The van der Waals surface area contributed by atoms with Crippen LogP contribution in [0.2, 0.25) is 0 Å². The van der Waals surface area contributed by atoms with Crippen LogP contribution in [0.5, 0.6) is 11.5 Å². The zero-order chi connectivity index (χ0) is 12.0. The predicted octanol–water partition coefficient (Wildman–Crippen LogP) is 3.31. The summed E-state index contributed by atoms with van der Waals surface area (Å²) in [6.45, 7) is 9.64. The first-order valence-corrected chi connectivity index (χ1v) is 6.24. The van der Waals surface area contributed by atoms with Crippen LogP contribution in [0.1, 0.15) is 30.9 Å². The predicted molar refractivity (Wildman–Crippen MR) is 67.9 cm³/mol. The average molecular weight is 230 g/mol. The van der Waals surface area contributed by atoms with Gasteiger partial charge in [-0.05, 0) is 47.1 Å². The highest BCUT2D eigenvalue weighted by atomic mass is 16.5. The summed E-state index contributed by atoms with van der Waals surface area (Å²) in [4.78, 5) is 0. The van der Waals surface area contributed by atoms with Gasteiger partial charge in [0.1, 0.15) is 13.2 Å². The lowest BCUT2D eigenvalue weighted by Crippen LogP contribution is -2.02. The highest BCUT2D eigenvalue weighted by Gasteiger charge is 2.28. The van der Waals surface area contributed by atoms with E-state index in [9.17, 15) is 0 Å². The molecule has 0 amide bonds. The van der Waals surface area contributed by atoms with E-state index in [2.05, 4.69) is 32.6 Å². The summed E-state index contributed by atoms with van der Waals surface area (Å²) in [5.41, 5.74) is 3.83. The van der Waals surface area contributed by atoms with Gasteiger partial charge in [0.15, 0.2) is 11.5 Å². The summed E-state index contributed by atoms with van der Waals surface area (Å²) in [6, 6.07) is 4.32. The van der Waals surface area contributed by atoms with E-state index in [1.165, 1.54) is 11.1 Å². The van der Waals surface area contributed by atoms with E-state index in [4.69, 9.17) is 9.47 Å². The van der Waals surface area contributed by atoms with Crippen molar-refractivity contribution in [3.8, 4) is 11.5 Å².